The van der Waals surface area contributed by atoms with Crippen LogP contribution in [0.5, 0.6) is 5.75 Å². The lowest BCUT2D eigenvalue weighted by atomic mass is 10.1. The molecule has 102 valence electrons. The third-order valence-corrected chi connectivity index (χ3v) is 4.02. The maximum Gasteiger partial charge on any atom is 0.310 e. The quantitative estimate of drug-likeness (QED) is 0.787. The Morgan fingerprint density at radius 3 is 2.26 bits per heavy atom. The standard InChI is InChI=1S/C13H14O5S/c1-16-11(14)7-13(8-12(15)17-2)18-9-5-3-4-6-10(9)19-13/h3-6H,7-8H2,1-2H3. The number of thioether (sulfide) groups is 1. The van der Waals surface area contributed by atoms with Crippen molar-refractivity contribution in [1.29, 1.82) is 0 Å². The Bertz CT molecular complexity index is 455. The van der Waals surface area contributed by atoms with Crippen molar-refractivity contribution in [3.05, 3.63) is 24.3 Å². The third kappa shape index (κ3) is 3.01. The van der Waals surface area contributed by atoms with E-state index in [1.165, 1.54) is 26.0 Å². The summed E-state index contributed by atoms with van der Waals surface area (Å²) in [5.41, 5.74) is 0. The van der Waals surface area contributed by atoms with E-state index in [9.17, 15) is 9.59 Å². The van der Waals surface area contributed by atoms with Crippen molar-refractivity contribution in [3.8, 4) is 5.75 Å². The molecule has 0 N–H and O–H groups in total. The van der Waals surface area contributed by atoms with Gasteiger partial charge in [0.15, 0.2) is 4.93 Å². The number of esters is 2. The van der Waals surface area contributed by atoms with E-state index in [4.69, 9.17) is 4.74 Å². The number of para-hydroxylation sites is 1. The molecule has 6 heteroatoms. The number of fused-ring (bicyclic) bond motifs is 1. The zero-order valence-electron chi connectivity index (χ0n) is 10.7. The van der Waals surface area contributed by atoms with Gasteiger partial charge in [0.25, 0.3) is 0 Å². The molecule has 1 aliphatic rings. The fraction of sp³-hybridized carbons (Fsp3) is 0.385. The lowest BCUT2D eigenvalue weighted by Crippen LogP contribution is -2.35. The van der Waals surface area contributed by atoms with Crippen LogP contribution in [0.1, 0.15) is 12.8 Å². The second-order valence-corrected chi connectivity index (χ2v) is 5.46. The molecular formula is C13H14O5S. The van der Waals surface area contributed by atoms with Crippen LogP contribution in [0, 0.1) is 0 Å². The number of methoxy groups -OCH3 is 2. The zero-order chi connectivity index (χ0) is 13.9. The highest BCUT2D eigenvalue weighted by Crippen LogP contribution is 2.50. The molecule has 1 aromatic rings. The maximum atomic E-state index is 11.5. The molecule has 2 rings (SSSR count). The van der Waals surface area contributed by atoms with Crippen LogP contribution in [0.4, 0.5) is 0 Å². The van der Waals surface area contributed by atoms with Gasteiger partial charge in [-0.05, 0) is 12.1 Å². The number of carbonyl (C=O) groups excluding carboxylic acids is 2. The second-order valence-electron chi connectivity index (χ2n) is 4.07. The van der Waals surface area contributed by atoms with Crippen LogP contribution in [0.2, 0.25) is 0 Å². The van der Waals surface area contributed by atoms with Gasteiger partial charge in [-0.15, -0.1) is 0 Å². The number of hydrogen-bond acceptors (Lipinski definition) is 6. The van der Waals surface area contributed by atoms with Crippen LogP contribution in [-0.2, 0) is 19.1 Å². The van der Waals surface area contributed by atoms with Crippen molar-refractivity contribution in [2.75, 3.05) is 14.2 Å². The Balaban J connectivity index is 2.23. The summed E-state index contributed by atoms with van der Waals surface area (Å²) in [7, 11) is 2.61. The smallest absolute Gasteiger partial charge is 0.310 e. The van der Waals surface area contributed by atoms with Crippen molar-refractivity contribution in [2.45, 2.75) is 22.7 Å². The van der Waals surface area contributed by atoms with Crippen molar-refractivity contribution in [3.63, 3.8) is 0 Å². The minimum absolute atomic E-state index is 0.0159. The Morgan fingerprint density at radius 1 is 1.16 bits per heavy atom. The molecule has 5 nitrogen and oxygen atoms in total. The van der Waals surface area contributed by atoms with Crippen LogP contribution in [0.15, 0.2) is 29.2 Å². The third-order valence-electron chi connectivity index (χ3n) is 2.72. The molecule has 0 fully saturated rings. The van der Waals surface area contributed by atoms with Crippen LogP contribution in [0.3, 0.4) is 0 Å². The van der Waals surface area contributed by atoms with Crippen LogP contribution in [-0.4, -0.2) is 31.1 Å². The minimum atomic E-state index is -0.982. The Labute approximate surface area is 115 Å². The van der Waals surface area contributed by atoms with Gasteiger partial charge >= 0.3 is 11.9 Å². The van der Waals surface area contributed by atoms with Crippen LogP contribution in [0.25, 0.3) is 0 Å². The zero-order valence-corrected chi connectivity index (χ0v) is 11.5. The first kappa shape index (κ1) is 13.7. The van der Waals surface area contributed by atoms with Crippen molar-refractivity contribution in [1.82, 2.24) is 0 Å². The summed E-state index contributed by atoms with van der Waals surface area (Å²) < 4.78 is 15.1. The molecule has 1 aromatic carbocycles. The summed E-state index contributed by atoms with van der Waals surface area (Å²) >= 11 is 1.35. The first-order valence-corrected chi connectivity index (χ1v) is 6.51. The monoisotopic (exact) mass is 282 g/mol. The SMILES string of the molecule is COC(=O)CC1(CC(=O)OC)Oc2ccccc2S1. The molecule has 0 spiro atoms. The number of carbonyl (C=O) groups is 2. The molecule has 0 atom stereocenters. The van der Waals surface area contributed by atoms with E-state index < -0.39 is 16.9 Å². The molecule has 0 aromatic heterocycles. The summed E-state index contributed by atoms with van der Waals surface area (Å²) in [4.78, 5) is 23.0. The predicted molar refractivity (Wildman–Crippen MR) is 68.9 cm³/mol. The van der Waals surface area contributed by atoms with E-state index in [1.807, 2.05) is 18.2 Å². The molecule has 1 aliphatic heterocycles. The Morgan fingerprint density at radius 2 is 1.74 bits per heavy atom. The predicted octanol–water partition coefficient (Wildman–Crippen LogP) is 1.99. The highest BCUT2D eigenvalue weighted by Gasteiger charge is 2.44. The summed E-state index contributed by atoms with van der Waals surface area (Å²) in [6, 6.07) is 7.41. The number of ether oxygens (including phenoxy) is 3. The summed E-state index contributed by atoms with van der Waals surface area (Å²) in [5.74, 6) is -0.186. The Hall–Kier alpha value is -1.69. The first-order valence-electron chi connectivity index (χ1n) is 5.69. The van der Waals surface area contributed by atoms with Gasteiger partial charge in [-0.3, -0.25) is 9.59 Å². The fourth-order valence-electron chi connectivity index (χ4n) is 1.83. The van der Waals surface area contributed by atoms with Gasteiger partial charge in [0.1, 0.15) is 5.75 Å². The first-order chi connectivity index (χ1) is 9.08. The van der Waals surface area contributed by atoms with Crippen molar-refractivity contribution < 1.29 is 23.8 Å². The summed E-state index contributed by atoms with van der Waals surface area (Å²) in [5, 5.41) is 0. The fourth-order valence-corrected chi connectivity index (χ4v) is 3.10. The van der Waals surface area contributed by atoms with Crippen LogP contribution < -0.4 is 4.74 Å². The minimum Gasteiger partial charge on any atom is -0.474 e. The Kier molecular flexibility index (Phi) is 3.99. The van der Waals surface area contributed by atoms with Gasteiger partial charge in [0.05, 0.1) is 32.0 Å². The highest BCUT2D eigenvalue weighted by molar-refractivity contribution is 8.01. The van der Waals surface area contributed by atoms with Gasteiger partial charge in [-0.25, -0.2) is 0 Å². The van der Waals surface area contributed by atoms with Crippen LogP contribution >= 0.6 is 11.8 Å². The molecule has 19 heavy (non-hydrogen) atoms. The molecule has 1 heterocycles. The van der Waals surface area contributed by atoms with E-state index in [0.717, 1.165) is 4.90 Å². The van der Waals surface area contributed by atoms with Crippen molar-refractivity contribution >= 4 is 23.7 Å². The highest BCUT2D eigenvalue weighted by atomic mass is 32.2. The summed E-state index contributed by atoms with van der Waals surface area (Å²) in [6.07, 6.45) is -0.0319. The van der Waals surface area contributed by atoms with Gasteiger partial charge in [0.2, 0.25) is 0 Å². The molecule has 0 aliphatic carbocycles. The molecule has 0 saturated carbocycles. The molecule has 0 saturated heterocycles. The van der Waals surface area contributed by atoms with E-state index in [0.29, 0.717) is 5.75 Å². The largest absolute Gasteiger partial charge is 0.474 e. The molecule has 0 radical (unpaired) electrons. The average molecular weight is 282 g/mol. The van der Waals surface area contributed by atoms with Gasteiger partial charge < -0.3 is 14.2 Å². The topological polar surface area (TPSA) is 61.8 Å². The van der Waals surface area contributed by atoms with E-state index in [-0.39, 0.29) is 12.8 Å². The molecule has 0 amide bonds. The maximum absolute atomic E-state index is 11.5. The van der Waals surface area contributed by atoms with Gasteiger partial charge in [-0.1, -0.05) is 23.9 Å². The van der Waals surface area contributed by atoms with Crippen molar-refractivity contribution in [2.24, 2.45) is 0 Å². The van der Waals surface area contributed by atoms with Gasteiger partial charge in [-0.2, -0.15) is 0 Å². The normalized spacial score (nSPS) is 15.3. The van der Waals surface area contributed by atoms with E-state index in [1.54, 1.807) is 6.07 Å². The second kappa shape index (κ2) is 5.52. The average Bonchev–Trinajstić information content (AvgIpc) is 2.75. The number of rotatable bonds is 4. The lowest BCUT2D eigenvalue weighted by molar-refractivity contribution is -0.146. The summed E-state index contributed by atoms with van der Waals surface area (Å²) in [6.45, 7) is 0. The van der Waals surface area contributed by atoms with Gasteiger partial charge in [0, 0.05) is 0 Å². The number of hydrogen-bond donors (Lipinski definition) is 0. The molecule has 0 bridgehead atoms. The lowest BCUT2D eigenvalue weighted by Gasteiger charge is -2.25. The van der Waals surface area contributed by atoms with E-state index in [2.05, 4.69) is 9.47 Å². The number of benzene rings is 1. The molecular weight excluding hydrogens is 268 g/mol. The molecule has 0 unspecified atom stereocenters. The van der Waals surface area contributed by atoms with E-state index >= 15 is 0 Å².